The fraction of sp³-hybridized carbons (Fsp3) is 0.143. The number of nitrogens with one attached hydrogen (secondary N) is 2. The fourth-order valence-corrected chi connectivity index (χ4v) is 1.05. The first kappa shape index (κ1) is 8.57. The molecule has 2 heterocycles. The third-order valence-electron chi connectivity index (χ3n) is 1.61. The smallest absolute Gasteiger partial charge is 0.280 e. The quantitative estimate of drug-likeness (QED) is 0.529. The van der Waals surface area contributed by atoms with E-state index in [4.69, 9.17) is 5.73 Å². The molecule has 7 nitrogen and oxygen atoms in total. The number of aromatic amines is 1. The van der Waals surface area contributed by atoms with Gasteiger partial charge in [0.1, 0.15) is 0 Å². The first-order chi connectivity index (χ1) is 6.81. The van der Waals surface area contributed by atoms with Crippen molar-refractivity contribution in [2.45, 2.75) is 0 Å². The predicted octanol–water partition coefficient (Wildman–Crippen LogP) is -0.959. The van der Waals surface area contributed by atoms with Gasteiger partial charge in [0.2, 0.25) is 5.95 Å². The fourth-order valence-electron chi connectivity index (χ4n) is 1.05. The number of hydrogen-bond donors (Lipinski definition) is 3. The van der Waals surface area contributed by atoms with Crippen molar-refractivity contribution in [3.63, 3.8) is 0 Å². The molecule has 0 aromatic carbocycles. The van der Waals surface area contributed by atoms with Crippen molar-refractivity contribution in [3.05, 3.63) is 22.7 Å². The molecule has 0 unspecified atom stereocenters. The molecular weight excluding hydrogens is 184 g/mol. The van der Waals surface area contributed by atoms with Gasteiger partial charge in [0.15, 0.2) is 11.2 Å². The van der Waals surface area contributed by atoms with Crippen molar-refractivity contribution in [1.29, 1.82) is 0 Å². The number of rotatable bonds is 2. The molecule has 0 aliphatic carbocycles. The maximum absolute atomic E-state index is 11.4. The number of nitrogens with zero attached hydrogens (tertiary/aromatic N) is 3. The van der Waals surface area contributed by atoms with E-state index in [-0.39, 0.29) is 17.7 Å². The van der Waals surface area contributed by atoms with Gasteiger partial charge in [-0.2, -0.15) is 4.98 Å². The normalized spacial score (nSPS) is 10.4. The van der Waals surface area contributed by atoms with Crippen LogP contribution in [0.15, 0.2) is 17.2 Å². The highest BCUT2D eigenvalue weighted by Gasteiger charge is 2.03. The van der Waals surface area contributed by atoms with Crippen LogP contribution in [0.5, 0.6) is 0 Å². The number of hydrogen-bond acceptors (Lipinski definition) is 6. The summed E-state index contributed by atoms with van der Waals surface area (Å²) in [7, 11) is 0. The molecule has 0 bridgehead atoms. The van der Waals surface area contributed by atoms with Crippen molar-refractivity contribution in [1.82, 2.24) is 19.9 Å². The van der Waals surface area contributed by atoms with Crippen LogP contribution < -0.4 is 16.6 Å². The molecule has 0 spiro atoms. The second kappa shape index (κ2) is 3.38. The molecule has 2 aromatic heterocycles. The van der Waals surface area contributed by atoms with Gasteiger partial charge in [-0.05, 0) is 0 Å². The predicted molar refractivity (Wildman–Crippen MR) is 50.6 cm³/mol. The SMILES string of the molecule is NCNc1nc2nccnc2c(=O)[nH]1. The van der Waals surface area contributed by atoms with E-state index in [0.717, 1.165) is 0 Å². The van der Waals surface area contributed by atoms with E-state index in [0.29, 0.717) is 11.6 Å². The second-order valence-corrected chi connectivity index (χ2v) is 2.52. The van der Waals surface area contributed by atoms with E-state index in [9.17, 15) is 4.79 Å². The Bertz CT molecular complexity index is 507. The van der Waals surface area contributed by atoms with Crippen LogP contribution in [0, 0.1) is 0 Å². The lowest BCUT2D eigenvalue weighted by molar-refractivity contribution is 1.04. The molecule has 0 amide bonds. The van der Waals surface area contributed by atoms with Gasteiger partial charge >= 0.3 is 0 Å². The van der Waals surface area contributed by atoms with Crippen LogP contribution in [0.2, 0.25) is 0 Å². The summed E-state index contributed by atoms with van der Waals surface area (Å²) in [4.78, 5) is 25.7. The number of aromatic nitrogens is 4. The molecule has 0 aliphatic rings. The van der Waals surface area contributed by atoms with Crippen molar-refractivity contribution in [3.8, 4) is 0 Å². The Hall–Kier alpha value is -2.02. The van der Waals surface area contributed by atoms with Crippen molar-refractivity contribution in [2.75, 3.05) is 12.0 Å². The molecule has 2 aromatic rings. The maximum atomic E-state index is 11.4. The summed E-state index contributed by atoms with van der Waals surface area (Å²) in [5.74, 6) is 0.297. The van der Waals surface area contributed by atoms with Crippen molar-refractivity contribution < 1.29 is 0 Å². The van der Waals surface area contributed by atoms with Crippen LogP contribution >= 0.6 is 0 Å². The first-order valence-electron chi connectivity index (χ1n) is 3.96. The minimum absolute atomic E-state index is 0.189. The van der Waals surface area contributed by atoms with E-state index in [1.54, 1.807) is 0 Å². The van der Waals surface area contributed by atoms with E-state index in [1.807, 2.05) is 0 Å². The number of anilines is 1. The maximum Gasteiger partial charge on any atom is 0.280 e. The van der Waals surface area contributed by atoms with Gasteiger partial charge in [-0.25, -0.2) is 9.97 Å². The molecule has 0 atom stereocenters. The zero-order valence-electron chi connectivity index (χ0n) is 7.19. The third-order valence-corrected chi connectivity index (χ3v) is 1.61. The Balaban J connectivity index is 2.66. The Kier molecular flexibility index (Phi) is 2.07. The number of H-pyrrole nitrogens is 1. The molecular formula is C7H8N6O. The molecule has 0 saturated heterocycles. The molecule has 14 heavy (non-hydrogen) atoms. The van der Waals surface area contributed by atoms with Crippen LogP contribution in [-0.4, -0.2) is 26.6 Å². The summed E-state index contributed by atoms with van der Waals surface area (Å²) < 4.78 is 0. The summed E-state index contributed by atoms with van der Waals surface area (Å²) in [5.41, 5.74) is 5.43. The molecule has 0 aliphatic heterocycles. The van der Waals surface area contributed by atoms with E-state index in [1.165, 1.54) is 12.4 Å². The summed E-state index contributed by atoms with van der Waals surface area (Å²) in [6.07, 6.45) is 2.91. The minimum Gasteiger partial charge on any atom is -0.343 e. The molecule has 4 N–H and O–H groups in total. The largest absolute Gasteiger partial charge is 0.343 e. The lowest BCUT2D eigenvalue weighted by Crippen LogP contribution is -2.18. The topological polar surface area (TPSA) is 110 Å². The second-order valence-electron chi connectivity index (χ2n) is 2.52. The van der Waals surface area contributed by atoms with Crippen LogP contribution in [-0.2, 0) is 0 Å². The highest BCUT2D eigenvalue weighted by atomic mass is 16.1. The molecule has 7 heteroatoms. The summed E-state index contributed by atoms with van der Waals surface area (Å²) in [6.45, 7) is 0.189. The molecule has 0 fully saturated rings. The van der Waals surface area contributed by atoms with Gasteiger partial charge in [0, 0.05) is 12.4 Å². The monoisotopic (exact) mass is 192 g/mol. The lowest BCUT2D eigenvalue weighted by atomic mass is 10.5. The standard InChI is InChI=1S/C7H8N6O/c8-3-11-7-12-5-4(6(14)13-7)9-1-2-10-5/h1-2H,3,8H2,(H2,10,11,12,13,14). The lowest BCUT2D eigenvalue weighted by Gasteiger charge is -2.01. The van der Waals surface area contributed by atoms with Crippen LogP contribution in [0.25, 0.3) is 11.2 Å². The zero-order chi connectivity index (χ0) is 9.97. The summed E-state index contributed by atoms with van der Waals surface area (Å²) in [6, 6.07) is 0. The van der Waals surface area contributed by atoms with Gasteiger partial charge in [-0.3, -0.25) is 9.78 Å². The van der Waals surface area contributed by atoms with Crippen LogP contribution in [0.3, 0.4) is 0 Å². The van der Waals surface area contributed by atoms with Crippen molar-refractivity contribution in [2.24, 2.45) is 5.73 Å². The molecule has 0 saturated carbocycles. The van der Waals surface area contributed by atoms with E-state index in [2.05, 4.69) is 25.3 Å². The van der Waals surface area contributed by atoms with Gasteiger partial charge in [0.05, 0.1) is 6.67 Å². The highest BCUT2D eigenvalue weighted by molar-refractivity contribution is 5.68. The summed E-state index contributed by atoms with van der Waals surface area (Å²) in [5, 5.41) is 2.68. The Morgan fingerprint density at radius 3 is 3.00 bits per heavy atom. The Morgan fingerprint density at radius 2 is 2.21 bits per heavy atom. The summed E-state index contributed by atoms with van der Waals surface area (Å²) >= 11 is 0. The number of nitrogens with two attached hydrogens (primary N) is 1. The van der Waals surface area contributed by atoms with Gasteiger partial charge in [-0.15, -0.1) is 0 Å². The average Bonchev–Trinajstić information content (AvgIpc) is 2.18. The number of fused-ring (bicyclic) bond motifs is 1. The van der Waals surface area contributed by atoms with Gasteiger partial charge in [0.25, 0.3) is 5.56 Å². The Morgan fingerprint density at radius 1 is 1.43 bits per heavy atom. The van der Waals surface area contributed by atoms with E-state index < -0.39 is 0 Å². The van der Waals surface area contributed by atoms with Gasteiger partial charge in [-0.1, -0.05) is 0 Å². The highest BCUT2D eigenvalue weighted by Crippen LogP contribution is 2.00. The molecule has 72 valence electrons. The molecule has 0 radical (unpaired) electrons. The van der Waals surface area contributed by atoms with Crippen LogP contribution in [0.4, 0.5) is 5.95 Å². The Labute approximate surface area is 78.4 Å². The van der Waals surface area contributed by atoms with Crippen molar-refractivity contribution >= 4 is 17.1 Å². The first-order valence-corrected chi connectivity index (χ1v) is 3.96. The zero-order valence-corrected chi connectivity index (χ0v) is 7.19. The van der Waals surface area contributed by atoms with Gasteiger partial charge < -0.3 is 11.1 Å². The minimum atomic E-state index is -0.334. The molecule has 2 rings (SSSR count). The third kappa shape index (κ3) is 1.40. The van der Waals surface area contributed by atoms with E-state index >= 15 is 0 Å². The average molecular weight is 192 g/mol. The van der Waals surface area contributed by atoms with Crippen LogP contribution in [0.1, 0.15) is 0 Å².